The lowest BCUT2D eigenvalue weighted by atomic mass is 10.0. The first-order valence-electron chi connectivity index (χ1n) is 7.13. The van der Waals surface area contributed by atoms with Crippen molar-refractivity contribution < 1.29 is 14.1 Å². The molecule has 0 aromatic carbocycles. The minimum atomic E-state index is -0.670. The van der Waals surface area contributed by atoms with Gasteiger partial charge in [0.15, 0.2) is 5.76 Å². The quantitative estimate of drug-likeness (QED) is 0.674. The smallest absolute Gasteiger partial charge is 0.395 e. The molecule has 1 amide bonds. The molecule has 22 heavy (non-hydrogen) atoms. The minimum absolute atomic E-state index is 0.0508. The second-order valence-electron chi connectivity index (χ2n) is 5.09. The van der Waals surface area contributed by atoms with Crippen molar-refractivity contribution in [3.63, 3.8) is 0 Å². The molecule has 1 aliphatic rings. The van der Waals surface area contributed by atoms with Crippen LogP contribution in [0.1, 0.15) is 39.0 Å². The second-order valence-corrected chi connectivity index (χ2v) is 6.25. The highest BCUT2D eigenvalue weighted by atomic mass is 32.1. The number of rotatable bonds is 5. The second kappa shape index (κ2) is 6.27. The number of nitrogens with one attached hydrogen (secondary N) is 1. The van der Waals surface area contributed by atoms with E-state index in [-0.39, 0.29) is 5.76 Å². The van der Waals surface area contributed by atoms with Gasteiger partial charge in [-0.1, -0.05) is 0 Å². The first kappa shape index (κ1) is 14.7. The number of hydrogen-bond donors (Lipinski definition) is 1. The highest BCUT2D eigenvalue weighted by Gasteiger charge is 2.18. The van der Waals surface area contributed by atoms with Crippen molar-refractivity contribution in [2.24, 2.45) is 0 Å². The lowest BCUT2D eigenvalue weighted by Crippen LogP contribution is -2.25. The van der Waals surface area contributed by atoms with E-state index in [4.69, 9.17) is 4.42 Å². The van der Waals surface area contributed by atoms with Crippen LogP contribution in [0.4, 0.5) is 5.88 Å². The fraction of sp³-hybridized carbons (Fsp3) is 0.429. The fourth-order valence-corrected chi connectivity index (χ4v) is 3.59. The molecule has 0 bridgehead atoms. The molecule has 0 atom stereocenters. The number of thiazole rings is 1. The summed E-state index contributed by atoms with van der Waals surface area (Å²) in [4.78, 5) is 27.6. The van der Waals surface area contributed by atoms with Crippen molar-refractivity contribution in [1.29, 1.82) is 0 Å². The number of furan rings is 1. The van der Waals surface area contributed by atoms with Gasteiger partial charge in [-0.2, -0.15) is 0 Å². The Bertz CT molecular complexity index is 683. The average Bonchev–Trinajstić information content (AvgIpc) is 3.13. The molecule has 0 radical (unpaired) electrons. The molecule has 7 nitrogen and oxygen atoms in total. The van der Waals surface area contributed by atoms with Crippen LogP contribution in [0.25, 0.3) is 0 Å². The summed E-state index contributed by atoms with van der Waals surface area (Å²) in [7, 11) is 0. The Morgan fingerprint density at radius 2 is 2.23 bits per heavy atom. The van der Waals surface area contributed by atoms with Crippen molar-refractivity contribution in [2.75, 3.05) is 6.54 Å². The number of amides is 1. The van der Waals surface area contributed by atoms with Crippen LogP contribution in [0.3, 0.4) is 0 Å². The van der Waals surface area contributed by atoms with Crippen LogP contribution in [-0.4, -0.2) is 22.4 Å². The van der Waals surface area contributed by atoms with Crippen LogP contribution in [0.2, 0.25) is 0 Å². The molecule has 3 rings (SSSR count). The number of fused-ring (bicyclic) bond motifs is 1. The van der Waals surface area contributed by atoms with E-state index in [2.05, 4.69) is 10.3 Å². The summed E-state index contributed by atoms with van der Waals surface area (Å²) in [5.41, 5.74) is 1.21. The lowest BCUT2D eigenvalue weighted by Gasteiger charge is -2.06. The molecule has 0 fully saturated rings. The third-order valence-electron chi connectivity index (χ3n) is 3.51. The largest absolute Gasteiger partial charge is 0.433 e. The molecule has 1 N–H and O–H groups in total. The molecule has 2 aromatic rings. The van der Waals surface area contributed by atoms with Gasteiger partial charge in [0.2, 0.25) is 0 Å². The van der Waals surface area contributed by atoms with Gasteiger partial charge in [-0.15, -0.1) is 11.3 Å². The third kappa shape index (κ3) is 3.16. The lowest BCUT2D eigenvalue weighted by molar-refractivity contribution is -0.402. The molecular formula is C14H15N3O4S. The van der Waals surface area contributed by atoms with Gasteiger partial charge in [0.25, 0.3) is 5.91 Å². The first-order valence-corrected chi connectivity index (χ1v) is 7.95. The maximum atomic E-state index is 11.8. The Morgan fingerprint density at radius 1 is 1.41 bits per heavy atom. The van der Waals surface area contributed by atoms with Crippen LogP contribution in [0, 0.1) is 10.1 Å². The summed E-state index contributed by atoms with van der Waals surface area (Å²) in [6.07, 6.45) is 5.24. The highest BCUT2D eigenvalue weighted by molar-refractivity contribution is 7.11. The van der Waals surface area contributed by atoms with E-state index in [1.807, 2.05) is 0 Å². The molecule has 8 heteroatoms. The highest BCUT2D eigenvalue weighted by Crippen LogP contribution is 2.26. The van der Waals surface area contributed by atoms with Crippen molar-refractivity contribution in [3.8, 4) is 0 Å². The number of carbonyl (C=O) groups is 1. The van der Waals surface area contributed by atoms with Crippen LogP contribution in [0.15, 0.2) is 16.5 Å². The van der Waals surface area contributed by atoms with Gasteiger partial charge in [0.05, 0.1) is 16.8 Å². The van der Waals surface area contributed by atoms with Gasteiger partial charge < -0.3 is 9.73 Å². The molecule has 0 saturated heterocycles. The van der Waals surface area contributed by atoms with E-state index in [0.29, 0.717) is 13.0 Å². The van der Waals surface area contributed by atoms with Gasteiger partial charge in [0.1, 0.15) is 4.92 Å². The normalized spacial score (nSPS) is 13.6. The molecule has 0 spiro atoms. The van der Waals surface area contributed by atoms with E-state index in [0.717, 1.165) is 17.8 Å². The van der Waals surface area contributed by atoms with Crippen molar-refractivity contribution in [2.45, 2.75) is 32.1 Å². The average molecular weight is 321 g/mol. The SMILES string of the molecule is O=C(NCCc1nc2c(s1)CCCC2)c1ccc([N+](=O)[O-])o1. The van der Waals surface area contributed by atoms with E-state index in [9.17, 15) is 14.9 Å². The van der Waals surface area contributed by atoms with Gasteiger partial charge >= 0.3 is 5.88 Å². The molecular weight excluding hydrogens is 306 g/mol. The van der Waals surface area contributed by atoms with Gasteiger partial charge in [0, 0.05) is 17.8 Å². The van der Waals surface area contributed by atoms with E-state index < -0.39 is 16.7 Å². The molecule has 116 valence electrons. The zero-order chi connectivity index (χ0) is 15.5. The van der Waals surface area contributed by atoms with Gasteiger partial charge in [-0.05, 0) is 31.7 Å². The number of hydrogen-bond acceptors (Lipinski definition) is 6. The maximum Gasteiger partial charge on any atom is 0.433 e. The Labute approximate surface area is 130 Å². The van der Waals surface area contributed by atoms with Crippen molar-refractivity contribution in [1.82, 2.24) is 10.3 Å². The van der Waals surface area contributed by atoms with Crippen molar-refractivity contribution in [3.05, 3.63) is 43.6 Å². The molecule has 2 heterocycles. The zero-order valence-electron chi connectivity index (χ0n) is 11.8. The van der Waals surface area contributed by atoms with E-state index in [1.165, 1.54) is 35.5 Å². The predicted octanol–water partition coefficient (Wildman–Crippen LogP) is 2.50. The number of nitrogens with zero attached hydrogens (tertiary/aromatic N) is 2. The van der Waals surface area contributed by atoms with Crippen molar-refractivity contribution >= 4 is 23.1 Å². The summed E-state index contributed by atoms with van der Waals surface area (Å²) in [5, 5.41) is 14.2. The summed E-state index contributed by atoms with van der Waals surface area (Å²) in [6, 6.07) is 2.47. The van der Waals surface area contributed by atoms with E-state index >= 15 is 0 Å². The molecule has 1 aliphatic carbocycles. The van der Waals surface area contributed by atoms with E-state index in [1.54, 1.807) is 11.3 Å². The zero-order valence-corrected chi connectivity index (χ0v) is 12.6. The molecule has 0 unspecified atom stereocenters. The van der Waals surface area contributed by atoms with Crippen LogP contribution < -0.4 is 5.32 Å². The number of aryl methyl sites for hydroxylation is 2. The Balaban J connectivity index is 1.52. The summed E-state index contributed by atoms with van der Waals surface area (Å²) in [5.74, 6) is -0.933. The summed E-state index contributed by atoms with van der Waals surface area (Å²) < 4.78 is 4.85. The Hall–Kier alpha value is -2.22. The first-order chi connectivity index (χ1) is 10.6. The fourth-order valence-electron chi connectivity index (χ4n) is 2.43. The topological polar surface area (TPSA) is 98.3 Å². The molecule has 0 aliphatic heterocycles. The number of nitro groups is 1. The molecule has 2 aromatic heterocycles. The third-order valence-corrected chi connectivity index (χ3v) is 4.73. The maximum absolute atomic E-state index is 11.8. The predicted molar refractivity (Wildman–Crippen MR) is 80.2 cm³/mol. The number of carbonyl (C=O) groups excluding carboxylic acids is 1. The van der Waals surface area contributed by atoms with Crippen LogP contribution in [0.5, 0.6) is 0 Å². The van der Waals surface area contributed by atoms with Gasteiger partial charge in [-0.3, -0.25) is 14.9 Å². The summed E-state index contributed by atoms with van der Waals surface area (Å²) in [6.45, 7) is 0.430. The monoisotopic (exact) mass is 321 g/mol. The number of aromatic nitrogens is 1. The van der Waals surface area contributed by atoms with Crippen LogP contribution in [-0.2, 0) is 19.3 Å². The summed E-state index contributed by atoms with van der Waals surface area (Å²) >= 11 is 1.72. The Morgan fingerprint density at radius 3 is 2.95 bits per heavy atom. The minimum Gasteiger partial charge on any atom is -0.395 e. The van der Waals surface area contributed by atoms with Gasteiger partial charge in [-0.25, -0.2) is 4.98 Å². The molecule has 0 saturated carbocycles. The Kier molecular flexibility index (Phi) is 4.19. The standard InChI is InChI=1S/C14H15N3O4S/c18-14(10-5-6-13(21-10)17(19)20)15-8-7-12-16-9-3-1-2-4-11(9)22-12/h5-6H,1-4,7-8H2,(H,15,18). The van der Waals surface area contributed by atoms with Crippen LogP contribution >= 0.6 is 11.3 Å².